The summed E-state index contributed by atoms with van der Waals surface area (Å²) in [5.41, 5.74) is 7.69. The second-order valence-electron chi connectivity index (χ2n) is 7.05. The highest BCUT2D eigenvalue weighted by molar-refractivity contribution is 9.10. The zero-order chi connectivity index (χ0) is 24.1. The summed E-state index contributed by atoms with van der Waals surface area (Å²) in [7, 11) is 1.55. The number of allylic oxidation sites excluding steroid dienone is 2. The maximum atomic E-state index is 12.7. The Balaban J connectivity index is 2.03. The van der Waals surface area contributed by atoms with Gasteiger partial charge in [-0.05, 0) is 65.7 Å². The van der Waals surface area contributed by atoms with Gasteiger partial charge >= 0.3 is 5.97 Å². The molecule has 0 radical (unpaired) electrons. The van der Waals surface area contributed by atoms with E-state index in [9.17, 15) is 10.1 Å². The molecule has 0 amide bonds. The van der Waals surface area contributed by atoms with Crippen molar-refractivity contribution >= 4 is 33.5 Å². The molecule has 1 heterocycles. The highest BCUT2D eigenvalue weighted by Crippen LogP contribution is 2.41. The lowest BCUT2D eigenvalue weighted by Gasteiger charge is -2.27. The number of esters is 1. The predicted molar refractivity (Wildman–Crippen MR) is 126 cm³/mol. The lowest BCUT2D eigenvalue weighted by Crippen LogP contribution is -2.25. The van der Waals surface area contributed by atoms with Crippen LogP contribution in [0.3, 0.4) is 0 Å². The minimum atomic E-state index is -0.755. The van der Waals surface area contributed by atoms with Gasteiger partial charge in [0, 0.05) is 10.6 Å². The van der Waals surface area contributed by atoms with Gasteiger partial charge < -0.3 is 24.7 Å². The number of hydrogen-bond acceptors (Lipinski definition) is 7. The van der Waals surface area contributed by atoms with Crippen molar-refractivity contribution in [2.24, 2.45) is 5.73 Å². The van der Waals surface area contributed by atoms with Crippen molar-refractivity contribution < 1.29 is 23.7 Å². The van der Waals surface area contributed by atoms with E-state index in [2.05, 4.69) is 22.0 Å². The minimum Gasteiger partial charge on any atom is -0.496 e. The molecule has 0 fully saturated rings. The summed E-state index contributed by atoms with van der Waals surface area (Å²) in [6.45, 7) is 3.67. The zero-order valence-electron chi connectivity index (χ0n) is 18.3. The number of ether oxygens (including phenoxy) is 4. The maximum Gasteiger partial charge on any atom is 0.338 e. The van der Waals surface area contributed by atoms with Crippen LogP contribution in [0.15, 0.2) is 63.7 Å². The fourth-order valence-corrected chi connectivity index (χ4v) is 4.32. The first-order valence-corrected chi connectivity index (χ1v) is 11.2. The molecule has 33 heavy (non-hydrogen) atoms. The molecule has 0 saturated carbocycles. The number of carbonyl (C=O) groups excluding carboxylic acids is 1. The number of halogens is 2. The molecule has 172 valence electrons. The van der Waals surface area contributed by atoms with Crippen molar-refractivity contribution in [2.75, 3.05) is 13.7 Å². The molecule has 0 aromatic heterocycles. The number of nitrogens with two attached hydrogens (primary N) is 1. The van der Waals surface area contributed by atoms with Crippen LogP contribution in [0.1, 0.15) is 30.9 Å². The van der Waals surface area contributed by atoms with Gasteiger partial charge in [-0.2, -0.15) is 5.26 Å². The monoisotopic (exact) mass is 532 g/mol. The molecule has 9 heteroatoms. The summed E-state index contributed by atoms with van der Waals surface area (Å²) >= 11 is 9.44. The van der Waals surface area contributed by atoms with Gasteiger partial charge in [0.05, 0.1) is 29.7 Å². The first-order valence-electron chi connectivity index (χ1n) is 10.0. The first kappa shape index (κ1) is 24.5. The van der Waals surface area contributed by atoms with E-state index in [-0.39, 0.29) is 36.0 Å². The molecule has 2 N–H and O–H groups in total. The quantitative estimate of drug-likeness (QED) is 0.479. The molecule has 1 aliphatic rings. The molecule has 1 aliphatic heterocycles. The Morgan fingerprint density at radius 1 is 1.27 bits per heavy atom. The number of hydrogen-bond donors (Lipinski definition) is 1. The van der Waals surface area contributed by atoms with E-state index in [0.717, 1.165) is 0 Å². The molecule has 0 bridgehead atoms. The summed E-state index contributed by atoms with van der Waals surface area (Å²) in [6.07, 6.45) is 0. The van der Waals surface area contributed by atoms with Crippen LogP contribution in [0.5, 0.6) is 11.5 Å². The largest absolute Gasteiger partial charge is 0.496 e. The van der Waals surface area contributed by atoms with Gasteiger partial charge in [-0.3, -0.25) is 0 Å². The van der Waals surface area contributed by atoms with Gasteiger partial charge in [-0.1, -0.05) is 17.7 Å². The van der Waals surface area contributed by atoms with E-state index in [0.29, 0.717) is 32.1 Å². The Bertz CT molecular complexity index is 1190. The molecule has 2 aromatic rings. The Morgan fingerprint density at radius 2 is 2.00 bits per heavy atom. The molecule has 3 rings (SSSR count). The van der Waals surface area contributed by atoms with E-state index in [1.54, 1.807) is 51.3 Å². The number of carbonyl (C=O) groups is 1. The normalized spacial score (nSPS) is 15.6. The Labute approximate surface area is 205 Å². The van der Waals surface area contributed by atoms with Crippen LogP contribution in [-0.2, 0) is 20.9 Å². The number of rotatable bonds is 7. The van der Waals surface area contributed by atoms with Gasteiger partial charge in [0.15, 0.2) is 0 Å². The van der Waals surface area contributed by atoms with Crippen molar-refractivity contribution in [1.29, 1.82) is 5.26 Å². The summed E-state index contributed by atoms with van der Waals surface area (Å²) < 4.78 is 22.8. The van der Waals surface area contributed by atoms with Crippen LogP contribution < -0.4 is 15.2 Å². The molecule has 0 saturated heterocycles. The predicted octanol–water partition coefficient (Wildman–Crippen LogP) is 5.33. The highest BCUT2D eigenvalue weighted by atomic mass is 79.9. The minimum absolute atomic E-state index is 0.0493. The second kappa shape index (κ2) is 10.6. The maximum absolute atomic E-state index is 12.7. The van der Waals surface area contributed by atoms with Gasteiger partial charge in [0.2, 0.25) is 5.88 Å². The molecule has 7 nitrogen and oxygen atoms in total. The van der Waals surface area contributed by atoms with Crippen molar-refractivity contribution in [3.05, 3.63) is 79.8 Å². The standard InChI is InChI=1S/C24H22BrClN2O5/c1-4-31-24(29)21-13(2)33-23(28)17(11-27)22(21)14-5-7-19(30-3)15(9-14)12-32-20-8-6-16(26)10-18(20)25/h5-10,22H,4,12,28H2,1-3H3. The molecular formula is C24H22BrClN2O5. The summed E-state index contributed by atoms with van der Waals surface area (Å²) in [4.78, 5) is 12.7. The van der Waals surface area contributed by atoms with Gasteiger partial charge in [0.1, 0.15) is 35.5 Å². The van der Waals surface area contributed by atoms with Gasteiger partial charge in [-0.15, -0.1) is 0 Å². The van der Waals surface area contributed by atoms with Crippen molar-refractivity contribution in [1.82, 2.24) is 0 Å². The topological polar surface area (TPSA) is 104 Å². The second-order valence-corrected chi connectivity index (χ2v) is 8.34. The highest BCUT2D eigenvalue weighted by Gasteiger charge is 2.36. The van der Waals surface area contributed by atoms with Crippen LogP contribution in [0.25, 0.3) is 0 Å². The third-order valence-corrected chi connectivity index (χ3v) is 5.87. The Morgan fingerprint density at radius 3 is 2.64 bits per heavy atom. The van der Waals surface area contributed by atoms with Crippen LogP contribution >= 0.6 is 27.5 Å². The van der Waals surface area contributed by atoms with Crippen molar-refractivity contribution in [3.63, 3.8) is 0 Å². The zero-order valence-corrected chi connectivity index (χ0v) is 20.6. The lowest BCUT2D eigenvalue weighted by molar-refractivity contribution is -0.139. The average molecular weight is 534 g/mol. The lowest BCUT2D eigenvalue weighted by atomic mass is 9.82. The Kier molecular flexibility index (Phi) is 7.90. The Hall–Kier alpha value is -3.15. The third kappa shape index (κ3) is 5.27. The smallest absolute Gasteiger partial charge is 0.338 e. The van der Waals surface area contributed by atoms with E-state index >= 15 is 0 Å². The van der Waals surface area contributed by atoms with Crippen molar-refractivity contribution in [2.45, 2.75) is 26.4 Å². The number of nitrogens with zero attached hydrogens (tertiary/aromatic N) is 1. The van der Waals surface area contributed by atoms with Gasteiger partial charge in [-0.25, -0.2) is 4.79 Å². The average Bonchev–Trinajstić information content (AvgIpc) is 2.78. The molecule has 0 aliphatic carbocycles. The molecule has 1 unspecified atom stereocenters. The van der Waals surface area contributed by atoms with Crippen LogP contribution in [0, 0.1) is 11.3 Å². The molecular weight excluding hydrogens is 512 g/mol. The number of benzene rings is 2. The van der Waals surface area contributed by atoms with E-state index < -0.39 is 11.9 Å². The fraction of sp³-hybridized carbons (Fsp3) is 0.250. The van der Waals surface area contributed by atoms with Crippen LogP contribution in [0.4, 0.5) is 0 Å². The first-order chi connectivity index (χ1) is 15.8. The number of nitriles is 1. The van der Waals surface area contributed by atoms with Crippen LogP contribution in [0.2, 0.25) is 5.02 Å². The SMILES string of the molecule is CCOC(=O)C1=C(C)OC(N)=C(C#N)C1c1ccc(OC)c(COc2ccc(Cl)cc2Br)c1. The summed E-state index contributed by atoms with van der Waals surface area (Å²) in [5.74, 6) is 0.0987. The van der Waals surface area contributed by atoms with Gasteiger partial charge in [0.25, 0.3) is 0 Å². The number of methoxy groups -OCH3 is 1. The van der Waals surface area contributed by atoms with Crippen LogP contribution in [-0.4, -0.2) is 19.7 Å². The molecule has 0 spiro atoms. The molecule has 2 aromatic carbocycles. The van der Waals surface area contributed by atoms with E-state index in [1.165, 1.54) is 0 Å². The van der Waals surface area contributed by atoms with Crippen molar-refractivity contribution in [3.8, 4) is 17.6 Å². The third-order valence-electron chi connectivity index (χ3n) is 5.02. The summed E-state index contributed by atoms with van der Waals surface area (Å²) in [6, 6.07) is 12.6. The fourth-order valence-electron chi connectivity index (χ4n) is 3.53. The summed E-state index contributed by atoms with van der Waals surface area (Å²) in [5, 5.41) is 10.4. The molecule has 1 atom stereocenters. The van der Waals surface area contributed by atoms with E-state index in [1.807, 2.05) is 6.07 Å². The van der Waals surface area contributed by atoms with E-state index in [4.69, 9.17) is 36.3 Å².